The Morgan fingerprint density at radius 1 is 0.846 bits per heavy atom. The summed E-state index contributed by atoms with van der Waals surface area (Å²) in [4.78, 5) is 25.6. The summed E-state index contributed by atoms with van der Waals surface area (Å²) < 4.78 is 0. The molecule has 3 aliphatic heterocycles. The van der Waals surface area contributed by atoms with E-state index >= 15 is 0 Å². The SMILES string of the molecule is CN1C2=CC(=O)C1=CC1=NC(=Cc3ccc([nH]3)C=c3ccc([nH]3)=C2)C=C1. The van der Waals surface area contributed by atoms with E-state index in [0.29, 0.717) is 5.70 Å². The molecule has 126 valence electrons. The number of likely N-dealkylation sites (N-methyl/N-ethyl adjacent to an activating group) is 1. The number of carbonyl (C=O) groups is 1. The largest absolute Gasteiger partial charge is 0.355 e. The van der Waals surface area contributed by atoms with Gasteiger partial charge in [-0.15, -0.1) is 0 Å². The minimum atomic E-state index is -0.0106. The summed E-state index contributed by atoms with van der Waals surface area (Å²) in [6, 6.07) is 8.09. The van der Waals surface area contributed by atoms with E-state index in [4.69, 9.17) is 0 Å². The molecule has 5 nitrogen and oxygen atoms in total. The van der Waals surface area contributed by atoms with E-state index in [9.17, 15) is 4.79 Å². The number of nitrogens with zero attached hydrogens (tertiary/aromatic N) is 2. The Bertz CT molecular complexity index is 1210. The molecule has 5 heterocycles. The number of rotatable bonds is 0. The first-order valence-corrected chi connectivity index (χ1v) is 8.41. The van der Waals surface area contributed by atoms with E-state index in [-0.39, 0.29) is 5.78 Å². The fourth-order valence-electron chi connectivity index (χ4n) is 3.29. The molecule has 2 N–H and O–H groups in total. The van der Waals surface area contributed by atoms with Crippen LogP contribution in [-0.2, 0) is 4.79 Å². The van der Waals surface area contributed by atoms with Crippen LogP contribution < -0.4 is 10.7 Å². The number of hydrogen-bond donors (Lipinski definition) is 2. The minimum Gasteiger partial charge on any atom is -0.355 e. The summed E-state index contributed by atoms with van der Waals surface area (Å²) in [5.74, 6) is -0.0106. The molecular weight excluding hydrogens is 324 g/mol. The summed E-state index contributed by atoms with van der Waals surface area (Å²) in [6.45, 7) is 0. The van der Waals surface area contributed by atoms with Gasteiger partial charge >= 0.3 is 0 Å². The second kappa shape index (κ2) is 5.46. The van der Waals surface area contributed by atoms with Crippen molar-refractivity contribution >= 4 is 29.7 Å². The maximum Gasteiger partial charge on any atom is 0.204 e. The number of fused-ring (bicyclic) bond motifs is 7. The monoisotopic (exact) mass is 340 g/mol. The molecule has 0 unspecified atom stereocenters. The predicted octanol–water partition coefficient (Wildman–Crippen LogP) is 1.60. The van der Waals surface area contributed by atoms with E-state index < -0.39 is 0 Å². The predicted molar refractivity (Wildman–Crippen MR) is 102 cm³/mol. The van der Waals surface area contributed by atoms with E-state index in [1.165, 1.54) is 0 Å². The lowest BCUT2D eigenvalue weighted by atomic mass is 10.2. The van der Waals surface area contributed by atoms with Crippen LogP contribution in [0.1, 0.15) is 11.4 Å². The van der Waals surface area contributed by atoms with E-state index in [1.807, 2.05) is 72.7 Å². The zero-order valence-corrected chi connectivity index (χ0v) is 14.2. The summed E-state index contributed by atoms with van der Waals surface area (Å²) in [5, 5.41) is 1.94. The number of carbonyl (C=O) groups excluding carboxylic acids is 1. The molecule has 2 aromatic heterocycles. The normalized spacial score (nSPS) is 18.0. The van der Waals surface area contributed by atoms with Crippen molar-refractivity contribution in [2.45, 2.75) is 0 Å². The molecule has 0 aromatic carbocycles. The molecule has 0 saturated heterocycles. The topological polar surface area (TPSA) is 64.2 Å². The van der Waals surface area contributed by atoms with Gasteiger partial charge in [0.1, 0.15) is 0 Å². The maximum absolute atomic E-state index is 12.4. The van der Waals surface area contributed by atoms with Crippen molar-refractivity contribution in [1.82, 2.24) is 14.9 Å². The fraction of sp³-hybridized carbons (Fsp3) is 0.0476. The third-order valence-electron chi connectivity index (χ3n) is 4.63. The first kappa shape index (κ1) is 14.7. The number of aromatic nitrogens is 2. The maximum atomic E-state index is 12.4. The number of H-pyrrole nitrogens is 2. The Balaban J connectivity index is 1.73. The zero-order valence-electron chi connectivity index (χ0n) is 14.2. The van der Waals surface area contributed by atoms with Gasteiger partial charge in [0, 0.05) is 40.9 Å². The summed E-state index contributed by atoms with van der Waals surface area (Å²) in [6.07, 6.45) is 13.4. The van der Waals surface area contributed by atoms with Crippen LogP contribution >= 0.6 is 0 Å². The van der Waals surface area contributed by atoms with Crippen LogP contribution in [0, 0.1) is 0 Å². The number of allylic oxidation sites excluding steroid dienone is 5. The van der Waals surface area contributed by atoms with Crippen molar-refractivity contribution in [3.05, 3.63) is 87.7 Å². The third kappa shape index (κ3) is 2.50. The highest BCUT2D eigenvalue weighted by atomic mass is 16.1. The van der Waals surface area contributed by atoms with E-state index in [0.717, 1.165) is 39.2 Å². The van der Waals surface area contributed by atoms with Gasteiger partial charge in [0.2, 0.25) is 5.78 Å². The molecule has 26 heavy (non-hydrogen) atoms. The van der Waals surface area contributed by atoms with Crippen LogP contribution in [0.4, 0.5) is 0 Å². The van der Waals surface area contributed by atoms with Crippen molar-refractivity contribution in [2.75, 3.05) is 7.05 Å². The zero-order chi connectivity index (χ0) is 17.7. The number of ketones is 1. The smallest absolute Gasteiger partial charge is 0.204 e. The van der Waals surface area contributed by atoms with Gasteiger partial charge in [-0.3, -0.25) is 4.79 Å². The van der Waals surface area contributed by atoms with Crippen LogP contribution in [0.3, 0.4) is 0 Å². The summed E-state index contributed by atoms with van der Waals surface area (Å²) in [7, 11) is 1.90. The van der Waals surface area contributed by atoms with Crippen molar-refractivity contribution in [3.8, 4) is 0 Å². The standard InChI is InChI=1S/C21H16N4O/c1-25-19-10-17-6-4-15(23-17)8-13-2-3-14(22-13)9-16-5-7-18(24-16)11-20(25)21(26)12-19/h2-12,22-23H,1H3. The first-order valence-electron chi connectivity index (χ1n) is 8.41. The first-order chi connectivity index (χ1) is 12.6. The lowest BCUT2D eigenvalue weighted by Crippen LogP contribution is -2.17. The van der Waals surface area contributed by atoms with Crippen molar-refractivity contribution < 1.29 is 4.79 Å². The highest BCUT2D eigenvalue weighted by Gasteiger charge is 2.23. The van der Waals surface area contributed by atoms with Gasteiger partial charge in [-0.2, -0.15) is 0 Å². The van der Waals surface area contributed by atoms with Crippen molar-refractivity contribution in [3.63, 3.8) is 0 Å². The molecule has 0 fully saturated rings. The Hall–Kier alpha value is -3.60. The average molecular weight is 340 g/mol. The van der Waals surface area contributed by atoms with Crippen LogP contribution in [0.5, 0.6) is 0 Å². The van der Waals surface area contributed by atoms with Gasteiger partial charge in [0.15, 0.2) is 0 Å². The summed E-state index contributed by atoms with van der Waals surface area (Å²) >= 11 is 0. The number of aliphatic imine (C=N–C) groups is 1. The Kier molecular flexibility index (Phi) is 3.09. The second-order valence-electron chi connectivity index (χ2n) is 6.49. The Morgan fingerprint density at radius 2 is 1.62 bits per heavy atom. The van der Waals surface area contributed by atoms with Gasteiger partial charge in [0.25, 0.3) is 0 Å². The lowest BCUT2D eigenvalue weighted by molar-refractivity contribution is -0.111. The van der Waals surface area contributed by atoms with Crippen molar-refractivity contribution in [1.29, 1.82) is 0 Å². The molecule has 0 aliphatic carbocycles. The molecule has 0 spiro atoms. The number of nitrogens with one attached hydrogen (secondary N) is 2. The van der Waals surface area contributed by atoms with Crippen LogP contribution in [0.2, 0.25) is 0 Å². The Labute approximate surface area is 149 Å². The molecule has 3 aliphatic rings. The van der Waals surface area contributed by atoms with Gasteiger partial charge in [-0.1, -0.05) is 0 Å². The lowest BCUT2D eigenvalue weighted by Gasteiger charge is -2.14. The quantitative estimate of drug-likeness (QED) is 0.765. The molecule has 5 rings (SSSR count). The van der Waals surface area contributed by atoms with E-state index in [2.05, 4.69) is 15.0 Å². The number of hydrogen-bond acceptors (Lipinski definition) is 3. The minimum absolute atomic E-state index is 0.0106. The van der Waals surface area contributed by atoms with Gasteiger partial charge < -0.3 is 14.9 Å². The molecule has 2 aromatic rings. The van der Waals surface area contributed by atoms with Gasteiger partial charge in [0.05, 0.1) is 17.1 Å². The fourth-order valence-corrected chi connectivity index (χ4v) is 3.29. The second-order valence-corrected chi connectivity index (χ2v) is 6.49. The molecule has 5 heteroatoms. The van der Waals surface area contributed by atoms with Crippen LogP contribution in [0.15, 0.2) is 70.7 Å². The van der Waals surface area contributed by atoms with Crippen LogP contribution in [0.25, 0.3) is 18.2 Å². The summed E-state index contributed by atoms with van der Waals surface area (Å²) in [5.41, 5.74) is 5.09. The van der Waals surface area contributed by atoms with E-state index in [1.54, 1.807) is 6.08 Å². The Morgan fingerprint density at radius 3 is 2.46 bits per heavy atom. The molecule has 0 amide bonds. The average Bonchev–Trinajstić information content (AvgIpc) is 3.37. The van der Waals surface area contributed by atoms with Crippen molar-refractivity contribution in [2.24, 2.45) is 4.99 Å². The number of aromatic amines is 2. The van der Waals surface area contributed by atoms with Crippen LogP contribution in [-0.4, -0.2) is 33.4 Å². The molecule has 0 atom stereocenters. The molecule has 0 saturated carbocycles. The highest BCUT2D eigenvalue weighted by molar-refractivity contribution is 6.15. The highest BCUT2D eigenvalue weighted by Crippen LogP contribution is 2.23. The van der Waals surface area contributed by atoms with Gasteiger partial charge in [-0.25, -0.2) is 4.99 Å². The third-order valence-corrected chi connectivity index (χ3v) is 4.63. The van der Waals surface area contributed by atoms with Gasteiger partial charge in [-0.05, 0) is 60.7 Å². The molecular formula is C21H16N4O. The molecule has 0 radical (unpaired) electrons. The molecule has 8 bridgehead atoms.